The number of amides is 2. The van der Waals surface area contributed by atoms with E-state index in [2.05, 4.69) is 26.5 Å². The molecule has 0 bridgehead atoms. The molecule has 0 fully saturated rings. The smallest absolute Gasteiger partial charge is 0.307 e. The fraction of sp³-hybridized carbons (Fsp3) is 0.364. The molecule has 1 aliphatic heterocycles. The molecule has 2 amide bonds. The summed E-state index contributed by atoms with van der Waals surface area (Å²) in [5.74, 6) is 0. The topological polar surface area (TPSA) is 103 Å². The Labute approximate surface area is 181 Å². The van der Waals surface area contributed by atoms with Crippen LogP contribution >= 0.6 is 0 Å². The number of carbonyl (C=O) groups excluding carboxylic acids is 1. The van der Waals surface area contributed by atoms with E-state index in [4.69, 9.17) is 0 Å². The number of anilines is 1. The highest BCUT2D eigenvalue weighted by atomic mass is 32.2. The molecule has 1 atom stereocenters. The normalized spacial score (nSPS) is 19.4. The molecular weight excluding hydrogens is 414 g/mol. The van der Waals surface area contributed by atoms with Crippen molar-refractivity contribution in [3.8, 4) is 0 Å². The third-order valence-corrected chi connectivity index (χ3v) is 7.34. The Kier molecular flexibility index (Phi) is 5.15. The van der Waals surface area contributed by atoms with Crippen molar-refractivity contribution in [2.75, 3.05) is 5.32 Å². The van der Waals surface area contributed by atoms with Crippen LogP contribution in [0.25, 0.3) is 0 Å². The third-order valence-electron chi connectivity index (χ3n) is 6.05. The monoisotopic (exact) mass is 439 g/mol. The Morgan fingerprint density at radius 3 is 2.42 bits per heavy atom. The number of benzene rings is 2. The molecule has 2 aromatic carbocycles. The van der Waals surface area contributed by atoms with E-state index in [1.165, 1.54) is 17.5 Å². The van der Waals surface area contributed by atoms with Crippen LogP contribution in [0.15, 0.2) is 41.4 Å². The van der Waals surface area contributed by atoms with E-state index in [1.807, 2.05) is 30.3 Å². The Morgan fingerprint density at radius 1 is 1.06 bits per heavy atom. The van der Waals surface area contributed by atoms with Crippen LogP contribution in [0.5, 0.6) is 0 Å². The van der Waals surface area contributed by atoms with E-state index in [9.17, 15) is 13.2 Å². The molecule has 3 aliphatic rings. The molecule has 2 aromatic rings. The van der Waals surface area contributed by atoms with Gasteiger partial charge in [0, 0.05) is 5.69 Å². The van der Waals surface area contributed by atoms with Crippen LogP contribution in [0.4, 0.5) is 10.5 Å². The van der Waals surface area contributed by atoms with Crippen molar-refractivity contribution in [1.82, 2.24) is 15.2 Å². The molecule has 9 heteroatoms. The zero-order chi connectivity index (χ0) is 21.4. The average Bonchev–Trinajstić information content (AvgIpc) is 3.48. The highest BCUT2D eigenvalue weighted by molar-refractivity contribution is 7.90. The first-order valence-electron chi connectivity index (χ1n) is 10.6. The zero-order valence-corrected chi connectivity index (χ0v) is 17.9. The summed E-state index contributed by atoms with van der Waals surface area (Å²) < 4.78 is 27.6. The van der Waals surface area contributed by atoms with Crippen LogP contribution in [0.2, 0.25) is 0 Å². The molecule has 0 spiro atoms. The highest BCUT2D eigenvalue weighted by Crippen LogP contribution is 2.38. The predicted molar refractivity (Wildman–Crippen MR) is 119 cm³/mol. The van der Waals surface area contributed by atoms with E-state index < -0.39 is 21.6 Å². The maximum atomic E-state index is 12.7. The second kappa shape index (κ2) is 7.97. The molecule has 3 N–H and O–H groups in total. The Bertz CT molecular complexity index is 1120. The number of carbonyl (C=O) groups is 1. The van der Waals surface area contributed by atoms with Gasteiger partial charge in [0.05, 0.1) is 6.54 Å². The van der Waals surface area contributed by atoms with Crippen molar-refractivity contribution in [3.05, 3.63) is 64.2 Å². The molecule has 0 radical (unpaired) electrons. The SMILES string of the molecule is O=C(Nc1c2c(cc3c1CCC3)CCC2)NS(=O)(=O)C1N=CN(Cc2ccccc2)N1. The number of urea groups is 1. The van der Waals surface area contributed by atoms with E-state index in [1.54, 1.807) is 5.01 Å². The molecule has 0 aromatic heterocycles. The molecule has 2 aliphatic carbocycles. The summed E-state index contributed by atoms with van der Waals surface area (Å²) in [4.78, 5) is 16.7. The minimum absolute atomic E-state index is 0.463. The lowest BCUT2D eigenvalue weighted by Crippen LogP contribution is -2.47. The van der Waals surface area contributed by atoms with Gasteiger partial charge in [-0.3, -0.25) is 5.01 Å². The van der Waals surface area contributed by atoms with Crippen LogP contribution in [-0.4, -0.2) is 31.3 Å². The summed E-state index contributed by atoms with van der Waals surface area (Å²) in [7, 11) is -4.05. The number of aryl methyl sites for hydroxylation is 2. The van der Waals surface area contributed by atoms with Gasteiger partial charge < -0.3 is 5.32 Å². The van der Waals surface area contributed by atoms with Crippen molar-refractivity contribution >= 4 is 28.1 Å². The first kappa shape index (κ1) is 20.0. The summed E-state index contributed by atoms with van der Waals surface area (Å²) in [6.07, 6.45) is 7.40. The lowest BCUT2D eigenvalue weighted by Gasteiger charge is -2.19. The number of hydrogen-bond acceptors (Lipinski definition) is 6. The zero-order valence-electron chi connectivity index (χ0n) is 17.1. The first-order valence-corrected chi connectivity index (χ1v) is 12.1. The van der Waals surface area contributed by atoms with Gasteiger partial charge in [-0.2, -0.15) is 5.43 Å². The summed E-state index contributed by atoms with van der Waals surface area (Å²) in [5, 5.41) is 4.44. The van der Waals surface area contributed by atoms with E-state index >= 15 is 0 Å². The van der Waals surface area contributed by atoms with Gasteiger partial charge >= 0.3 is 6.03 Å². The number of nitrogens with one attached hydrogen (secondary N) is 3. The van der Waals surface area contributed by atoms with Crippen LogP contribution in [0.3, 0.4) is 0 Å². The molecule has 31 heavy (non-hydrogen) atoms. The van der Waals surface area contributed by atoms with E-state index in [0.29, 0.717) is 6.54 Å². The van der Waals surface area contributed by atoms with Crippen molar-refractivity contribution in [2.45, 2.75) is 50.6 Å². The number of hydrazine groups is 1. The minimum atomic E-state index is -4.05. The number of rotatable bonds is 5. The van der Waals surface area contributed by atoms with Gasteiger partial charge in [-0.05, 0) is 66.3 Å². The Hall–Kier alpha value is -2.91. The van der Waals surface area contributed by atoms with E-state index in [-0.39, 0.29) is 0 Å². The lowest BCUT2D eigenvalue weighted by atomic mass is 9.99. The average molecular weight is 440 g/mol. The van der Waals surface area contributed by atoms with Gasteiger partial charge in [0.2, 0.25) is 5.50 Å². The maximum absolute atomic E-state index is 12.7. The number of sulfonamides is 1. The minimum Gasteiger partial charge on any atom is -0.307 e. The Morgan fingerprint density at radius 2 is 1.74 bits per heavy atom. The number of fused-ring (bicyclic) bond motifs is 2. The standard InChI is InChI=1S/C22H25N5O3S/c28-21(24-20-18-10-4-8-16(18)12-17-9-5-11-19(17)20)26-31(29,30)22-23-14-27(25-22)13-15-6-2-1-3-7-15/h1-3,6-7,12,14,22,25H,4-5,8-11,13H2,(H2,24,26,28). The summed E-state index contributed by atoms with van der Waals surface area (Å²) in [6, 6.07) is 11.2. The van der Waals surface area contributed by atoms with Gasteiger partial charge in [0.25, 0.3) is 10.0 Å². The van der Waals surface area contributed by atoms with Crippen molar-refractivity contribution in [2.24, 2.45) is 4.99 Å². The van der Waals surface area contributed by atoms with Crippen LogP contribution < -0.4 is 15.5 Å². The van der Waals surface area contributed by atoms with Crippen LogP contribution in [0, 0.1) is 0 Å². The number of hydrogen-bond donors (Lipinski definition) is 3. The van der Waals surface area contributed by atoms with Gasteiger partial charge in [-0.25, -0.2) is 22.9 Å². The molecule has 8 nitrogen and oxygen atoms in total. The molecule has 1 heterocycles. The maximum Gasteiger partial charge on any atom is 0.332 e. The lowest BCUT2D eigenvalue weighted by molar-refractivity contribution is 0.256. The van der Waals surface area contributed by atoms with Crippen molar-refractivity contribution in [1.29, 1.82) is 0 Å². The second-order valence-corrected chi connectivity index (χ2v) is 9.94. The predicted octanol–water partition coefficient (Wildman–Crippen LogP) is 2.45. The van der Waals surface area contributed by atoms with Gasteiger partial charge in [-0.15, -0.1) is 0 Å². The summed E-state index contributed by atoms with van der Waals surface area (Å²) >= 11 is 0. The molecule has 5 rings (SSSR count). The van der Waals surface area contributed by atoms with Crippen LogP contribution in [-0.2, 0) is 42.3 Å². The van der Waals surface area contributed by atoms with Gasteiger partial charge in [0.15, 0.2) is 0 Å². The van der Waals surface area contributed by atoms with Crippen molar-refractivity contribution in [3.63, 3.8) is 0 Å². The van der Waals surface area contributed by atoms with Gasteiger partial charge in [-0.1, -0.05) is 36.4 Å². The number of aliphatic imine (C=N–C) groups is 1. The molecule has 162 valence electrons. The second-order valence-electron chi connectivity index (χ2n) is 8.19. The van der Waals surface area contributed by atoms with Crippen LogP contribution in [0.1, 0.15) is 40.7 Å². The Balaban J connectivity index is 1.26. The van der Waals surface area contributed by atoms with Gasteiger partial charge in [0.1, 0.15) is 6.34 Å². The first-order chi connectivity index (χ1) is 15.0. The highest BCUT2D eigenvalue weighted by Gasteiger charge is 2.32. The summed E-state index contributed by atoms with van der Waals surface area (Å²) in [5.41, 5.74) is 8.23. The summed E-state index contributed by atoms with van der Waals surface area (Å²) in [6.45, 7) is 0.463. The molecule has 0 saturated carbocycles. The quantitative estimate of drug-likeness (QED) is 0.664. The molecular formula is C22H25N5O3S. The third kappa shape index (κ3) is 4.03. The molecule has 0 saturated heterocycles. The van der Waals surface area contributed by atoms with Crippen molar-refractivity contribution < 1.29 is 13.2 Å². The number of nitrogens with zero attached hydrogens (tertiary/aromatic N) is 2. The van der Waals surface area contributed by atoms with E-state index in [0.717, 1.165) is 60.9 Å². The largest absolute Gasteiger partial charge is 0.332 e. The fourth-order valence-electron chi connectivity index (χ4n) is 4.66. The fourth-order valence-corrected chi connectivity index (χ4v) is 5.57. The molecule has 1 unspecified atom stereocenters.